The van der Waals surface area contributed by atoms with E-state index in [0.717, 1.165) is 34.6 Å². The number of carbonyl (C=O) groups excluding carboxylic acids is 5. The molecular weight excluding hydrogens is 2030 g/mol. The maximum Gasteiger partial charge on any atom is 0.397 e. The van der Waals surface area contributed by atoms with E-state index in [0.29, 0.717) is 0 Å². The van der Waals surface area contributed by atoms with Crippen LogP contribution in [0, 0.1) is 0 Å². The van der Waals surface area contributed by atoms with Crippen LogP contribution in [-0.2, 0) is 143 Å². The highest BCUT2D eigenvalue weighted by Crippen LogP contribution is 2.44. The van der Waals surface area contributed by atoms with Crippen LogP contribution in [-0.4, -0.2) is 611 Å². The van der Waals surface area contributed by atoms with Crippen molar-refractivity contribution in [2.75, 3.05) is 66.1 Å². The molecule has 844 valence electrons. The summed E-state index contributed by atoms with van der Waals surface area (Å²) in [6, 6.07) is -10.00. The molecule has 11 rings (SSSR count). The van der Waals surface area contributed by atoms with E-state index in [4.69, 9.17) is 99.5 Å². The summed E-state index contributed by atoms with van der Waals surface area (Å²) in [5.74, 6) is -10.5. The zero-order valence-corrected chi connectivity index (χ0v) is 78.9. The Hall–Kier alpha value is -5.31. The predicted octanol–water partition coefficient (Wildman–Crippen LogP) is -24.2. The second-order valence-corrected chi connectivity index (χ2v) is 37.5. The fourth-order valence-corrected chi connectivity index (χ4v) is 19.1. The molecule has 67 heteroatoms. The van der Waals surface area contributed by atoms with Gasteiger partial charge in [-0.15, -0.1) is 0 Å². The van der Waals surface area contributed by atoms with Crippen LogP contribution in [0.2, 0.25) is 0 Å². The fourth-order valence-electron chi connectivity index (χ4n) is 18.6. The van der Waals surface area contributed by atoms with Gasteiger partial charge in [-0.25, -0.2) is 8.98 Å². The summed E-state index contributed by atoms with van der Waals surface area (Å²) in [6.07, 6.45) is -114. The normalized spacial score (nSPS) is 47.2. The third-order valence-corrected chi connectivity index (χ3v) is 26.6. The Kier molecular flexibility index (Phi) is 42.9. The van der Waals surface area contributed by atoms with E-state index < -0.39 is 461 Å². The molecular formula is C79H131N5O61S. The average molecular weight is 2160 g/mol. The van der Waals surface area contributed by atoms with E-state index in [9.17, 15) is 195 Å². The monoisotopic (exact) mass is 2160 g/mol. The van der Waals surface area contributed by atoms with E-state index in [1.807, 2.05) is 0 Å². The van der Waals surface area contributed by atoms with Gasteiger partial charge in [0.2, 0.25) is 29.5 Å². The van der Waals surface area contributed by atoms with E-state index in [1.165, 1.54) is 6.92 Å². The van der Waals surface area contributed by atoms with E-state index in [1.54, 1.807) is 0 Å². The smallest absolute Gasteiger partial charge is 0.397 e. The largest absolute Gasteiger partial charge is 0.477 e. The van der Waals surface area contributed by atoms with Crippen LogP contribution in [0.25, 0.3) is 0 Å². The number of ether oxygens (including phenoxy) is 21. The Morgan fingerprint density at radius 2 is 0.658 bits per heavy atom. The van der Waals surface area contributed by atoms with Gasteiger partial charge >= 0.3 is 16.4 Å². The standard InChI is InChI=1S/C79H131N5O61S/c1-18-40(100)51(111)54(114)72(126-18)124-17-34-61(47(107)36(68(118)127-34)81-20(3)94)136-69-37(82-21(4)95)48(108)58(30(13-90)132-69)137-73-55(115)63(140-77-67(53(113)43(103)27(10-87)131-77)142-71-39(84-23(6)97)50(110)60(32(15-92)134-71)139-75-57(117)65(145-146(121,122)123)45(105)29(12-89)129-75)46(106)33(135-73)16-125-76-66(52(112)42(102)26(9-86)130-76)141-70-38(83-22(5)96)49(109)59(31(14-91)133-70)138-74-56(116)64(44(104)28(11-88)128-74)144-79(78(119)120)7-24(98)35(80-19(2)93)62(143-79)41(101)25(99)8-85/h18,24-77,85-92,98-118H,7-17H2,1-6H3,(H,80,93)(H,81,94)(H,82,95)(H,83,96)(H,84,97)(H,119,120)(H,121,122,123)/t18-,24-,25+,26+,27+,28+,29+,30+,31+,32+,33+,34+,35+,36+,37+,38+,39+,40+,41+,42+,43+,44-,45-,46+,47+,48+,49+,50+,51+,52-,53-,54-,55-,56+,57+,58+,59+,60+,61+,62+,63-,64-,65-,66-,67-,68+,69-,70-,71-,72+,73-,74-,75-,76-,77+,79-/m0/s1. The number of amides is 5. The molecule has 0 aromatic rings. The Morgan fingerprint density at radius 1 is 0.329 bits per heavy atom. The van der Waals surface area contributed by atoms with Gasteiger partial charge in [0.15, 0.2) is 62.9 Å². The molecule has 56 atom stereocenters. The molecule has 11 heterocycles. The molecule has 11 saturated heterocycles. The molecule has 0 aromatic carbocycles. The highest BCUT2D eigenvalue weighted by molar-refractivity contribution is 7.80. The first-order chi connectivity index (χ1) is 68.7. The summed E-state index contributed by atoms with van der Waals surface area (Å²) in [6.45, 7) is -6.73. The van der Waals surface area contributed by atoms with Crippen molar-refractivity contribution in [1.29, 1.82) is 0 Å². The third kappa shape index (κ3) is 27.2. The fraction of sp³-hybridized carbons (Fsp3) is 0.924. The van der Waals surface area contributed by atoms with E-state index in [2.05, 4.69) is 30.8 Å². The number of hydrogen-bond donors (Lipinski definition) is 36. The van der Waals surface area contributed by atoms with Crippen molar-refractivity contribution in [1.82, 2.24) is 26.6 Å². The Morgan fingerprint density at radius 3 is 1.08 bits per heavy atom. The number of aliphatic hydroxyl groups excluding tert-OH is 29. The molecule has 0 radical (unpaired) electrons. The summed E-state index contributed by atoms with van der Waals surface area (Å²) in [7, 11) is -5.56. The molecule has 0 saturated carbocycles. The molecule has 0 bridgehead atoms. The van der Waals surface area contributed by atoms with Gasteiger partial charge in [0.05, 0.1) is 84.3 Å². The lowest BCUT2D eigenvalue weighted by molar-refractivity contribution is -0.399. The Bertz CT molecular complexity index is 4300. The second kappa shape index (κ2) is 51.8. The highest BCUT2D eigenvalue weighted by atomic mass is 32.3. The quantitative estimate of drug-likeness (QED) is 0.0253. The van der Waals surface area contributed by atoms with Crippen molar-refractivity contribution < 1.29 is 299 Å². The molecule has 66 nitrogen and oxygen atoms in total. The van der Waals surface area contributed by atoms with Gasteiger partial charge in [0.25, 0.3) is 5.79 Å². The molecule has 11 aliphatic rings. The van der Waals surface area contributed by atoms with E-state index >= 15 is 0 Å². The topological polar surface area (TPSA) is 1030 Å². The number of rotatable bonds is 40. The average Bonchev–Trinajstić information content (AvgIpc) is 0.752. The number of aliphatic carboxylic acids is 1. The summed E-state index contributed by atoms with van der Waals surface area (Å²) in [4.78, 5) is 78.0. The first-order valence-electron chi connectivity index (χ1n) is 45.8. The van der Waals surface area contributed by atoms with Crippen molar-refractivity contribution >= 4 is 45.9 Å². The van der Waals surface area contributed by atoms with Crippen molar-refractivity contribution in [3.63, 3.8) is 0 Å². The van der Waals surface area contributed by atoms with Crippen LogP contribution in [0.3, 0.4) is 0 Å². The SMILES string of the molecule is CC(=O)N[C@@H]1[C@@H](O)[C@H](O[C@@H]2O[C@H](CO)[C@@H](O[C@@H]3O[C@H](CO[C@H]4O[C@H](CO)[C@@H](O)[C@H](O)[C@@H]4O[C@@H]4O[C@H](CO)[C@@H](O[C@@H]5O[C@H](CO)[C@H](O)[C@H](O[C@]6(C(=O)O)C[C@H](O)[C@@H](NC(C)=O)[C@H]([C@H](O)[C@H](O)CO)O6)[C@H]5O)[C@H](O)[C@H]4NC(C)=O)[C@@H](O)[C@H](O[C@H]4O[C@H](CO)[C@@H](O)[C@H](O)[C@@H]4O[C@@H]4O[C@H](CO)[C@@H](O[C@@H]5O[C@H](CO)[C@H](O)[C@H](OS(=O)(=O)O)[C@H]5O)[C@H](O)[C@H]4NC(C)=O)[C@@H]3O)[C@H](O)[C@H]2NC(C)=O)[C@@H](CO[C@@H]2O[C@@H](C)[C@@H](O)[C@@H](O)[C@@H]2O)O[C@H]1O. The number of carboxylic acid groups (broad SMARTS) is 1. The zero-order chi connectivity index (χ0) is 108. The number of aliphatic hydroxyl groups is 29. The van der Waals surface area contributed by atoms with Crippen LogP contribution in [0.4, 0.5) is 0 Å². The summed E-state index contributed by atoms with van der Waals surface area (Å²) >= 11 is 0. The molecule has 5 amide bonds. The zero-order valence-electron chi connectivity index (χ0n) is 78.1. The van der Waals surface area contributed by atoms with Gasteiger partial charge in [-0.3, -0.25) is 28.5 Å². The molecule has 0 unspecified atom stereocenters. The van der Waals surface area contributed by atoms with Gasteiger partial charge < -0.3 is 279 Å². The van der Waals surface area contributed by atoms with Gasteiger partial charge in [0.1, 0.15) is 256 Å². The van der Waals surface area contributed by atoms with Gasteiger partial charge in [-0.05, 0) is 6.92 Å². The lowest BCUT2D eigenvalue weighted by Crippen LogP contribution is -2.71. The molecule has 11 aliphatic heterocycles. The predicted molar refractivity (Wildman–Crippen MR) is 447 cm³/mol. The van der Waals surface area contributed by atoms with Gasteiger partial charge in [-0.1, -0.05) is 0 Å². The van der Waals surface area contributed by atoms with Crippen LogP contribution in [0.5, 0.6) is 0 Å². The molecule has 36 N–H and O–H groups in total. The lowest BCUT2D eigenvalue weighted by Gasteiger charge is -2.51. The van der Waals surface area contributed by atoms with Crippen LogP contribution < -0.4 is 26.6 Å². The third-order valence-electron chi connectivity index (χ3n) is 26.1. The molecule has 0 aliphatic carbocycles. The lowest BCUT2D eigenvalue weighted by atomic mass is 9.88. The first-order valence-corrected chi connectivity index (χ1v) is 47.2. The minimum absolute atomic E-state index is 0.844. The number of nitrogens with one attached hydrogen (secondary N) is 5. The molecule has 11 fully saturated rings. The molecule has 146 heavy (non-hydrogen) atoms. The van der Waals surface area contributed by atoms with Crippen molar-refractivity contribution in [3.8, 4) is 0 Å². The Labute approximate surface area is 825 Å². The highest BCUT2D eigenvalue weighted by Gasteiger charge is 2.65. The van der Waals surface area contributed by atoms with Gasteiger partial charge in [-0.2, -0.15) is 8.42 Å². The van der Waals surface area contributed by atoms with Crippen molar-refractivity contribution in [2.45, 2.75) is 391 Å². The van der Waals surface area contributed by atoms with Crippen molar-refractivity contribution in [2.24, 2.45) is 0 Å². The summed E-state index contributed by atoms with van der Waals surface area (Å²) in [5.41, 5.74) is 0. The number of carboxylic acids is 1. The maximum absolute atomic E-state index is 13.4. The minimum Gasteiger partial charge on any atom is -0.477 e. The first kappa shape index (κ1) is 121. The summed E-state index contributed by atoms with van der Waals surface area (Å²) in [5, 5.41) is 351. The number of carbonyl (C=O) groups is 6. The van der Waals surface area contributed by atoms with E-state index in [-0.39, 0.29) is 0 Å². The molecule has 0 spiro atoms. The summed E-state index contributed by atoms with van der Waals surface area (Å²) < 4.78 is 163. The second-order valence-electron chi connectivity index (χ2n) is 36.5. The van der Waals surface area contributed by atoms with Crippen LogP contribution in [0.15, 0.2) is 0 Å². The van der Waals surface area contributed by atoms with Crippen LogP contribution in [0.1, 0.15) is 48.0 Å². The van der Waals surface area contributed by atoms with Crippen molar-refractivity contribution in [3.05, 3.63) is 0 Å². The molecule has 0 aromatic heterocycles. The minimum atomic E-state index is -5.56. The van der Waals surface area contributed by atoms with Crippen LogP contribution >= 0.6 is 0 Å². The Balaban J connectivity index is 0.919. The number of hydrogen-bond acceptors (Lipinski definition) is 59. The van der Waals surface area contributed by atoms with Gasteiger partial charge in [0, 0.05) is 41.0 Å². The maximum atomic E-state index is 13.4.